The van der Waals surface area contributed by atoms with Crippen molar-refractivity contribution in [2.45, 2.75) is 209 Å². The van der Waals surface area contributed by atoms with E-state index in [9.17, 15) is 0 Å². The van der Waals surface area contributed by atoms with Crippen molar-refractivity contribution < 1.29 is 26.3 Å². The van der Waals surface area contributed by atoms with Crippen LogP contribution in [0.25, 0.3) is 77.3 Å². The first-order valence-electron chi connectivity index (χ1n) is 33.0. The molecule has 0 aliphatic carbocycles. The summed E-state index contributed by atoms with van der Waals surface area (Å²) in [6.07, 6.45) is 0. The molecule has 1 aliphatic heterocycles. The maximum atomic E-state index is 7.76. The maximum Gasteiger partial charge on any atom is 0.338 e. The molecule has 10 heteroatoms. The highest BCUT2D eigenvalue weighted by atomic mass is 31.1. The van der Waals surface area contributed by atoms with Gasteiger partial charge in [0.25, 0.3) is 0 Å². The molecule has 0 fully saturated rings. The van der Waals surface area contributed by atoms with E-state index < -0.39 is 16.3 Å². The lowest BCUT2D eigenvalue weighted by Gasteiger charge is -2.27. The van der Waals surface area contributed by atoms with Crippen LogP contribution in [0.1, 0.15) is 211 Å². The van der Waals surface area contributed by atoms with E-state index in [2.05, 4.69) is 310 Å². The molecule has 3 heterocycles. The molecule has 0 spiro atoms. The van der Waals surface area contributed by atoms with Crippen LogP contribution in [0.15, 0.2) is 150 Å². The predicted octanol–water partition coefficient (Wildman–Crippen LogP) is 25.8. The quantitative estimate of drug-likeness (QED) is 0.170. The third-order valence-electron chi connectivity index (χ3n) is 18.1. The lowest BCUT2D eigenvalue weighted by Crippen LogP contribution is -2.17. The van der Waals surface area contributed by atoms with Crippen LogP contribution in [0.4, 0.5) is 11.4 Å². The standard InChI is InChI=1S/C82H100N2O6P2/c1-75(2,3)51-41-57-58-42-52(76(4,5)6)46-62(80(16,17)18)72(58)88-91(87-71(57)61(45-51)79(13,14)15)83-69-55(49-31-27-25-28-32-49)35-37-65-67(69)68-66(86-40-39-85-65)38-36-56(50-33-29-26-30-34-50)70(68)84-92-89-73-59(43-53(77(7,8)9)47-63(73)81(19,20)21)60-44-54(78(10,11)12)48-64(74(60)90-92)82(22,23)24/h25-38,41-48,83-84H,39-40H2,1-24H3. The highest BCUT2D eigenvalue weighted by molar-refractivity contribution is 7.39. The number of fused-ring (bicyclic) bond motifs is 9. The third kappa shape index (κ3) is 13.1. The Kier molecular flexibility index (Phi) is 16.8. The van der Waals surface area contributed by atoms with Crippen LogP contribution in [0.3, 0.4) is 0 Å². The molecule has 484 valence electrons. The van der Waals surface area contributed by atoms with E-state index in [0.717, 1.165) is 111 Å². The normalized spacial score (nSPS) is 13.7. The van der Waals surface area contributed by atoms with E-state index >= 15 is 0 Å². The molecule has 92 heavy (non-hydrogen) atoms. The molecule has 0 atom stereocenters. The fourth-order valence-electron chi connectivity index (χ4n) is 12.5. The van der Waals surface area contributed by atoms with Crippen molar-refractivity contribution in [2.75, 3.05) is 23.4 Å². The maximum absolute atomic E-state index is 7.76. The van der Waals surface area contributed by atoms with Crippen molar-refractivity contribution in [1.29, 1.82) is 0 Å². The summed E-state index contributed by atoms with van der Waals surface area (Å²) < 4.78 is 45.1. The Balaban J connectivity index is 1.31. The average molecular weight is 1270 g/mol. The second-order valence-electron chi connectivity index (χ2n) is 33.9. The van der Waals surface area contributed by atoms with Gasteiger partial charge >= 0.3 is 16.3 Å². The van der Waals surface area contributed by atoms with Gasteiger partial charge in [0.05, 0.1) is 22.5 Å². The van der Waals surface area contributed by atoms with Crippen molar-refractivity contribution in [1.82, 2.24) is 0 Å². The van der Waals surface area contributed by atoms with Gasteiger partial charge in [-0.2, -0.15) is 0 Å². The molecule has 0 unspecified atom stereocenters. The Morgan fingerprint density at radius 3 is 0.772 bits per heavy atom. The topological polar surface area (TPSA) is 95.1 Å². The summed E-state index contributed by atoms with van der Waals surface area (Å²) in [5, 5.41) is 12.4. The van der Waals surface area contributed by atoms with E-state index in [4.69, 9.17) is 26.3 Å². The molecule has 0 amide bonds. The Bertz CT molecular complexity index is 4090. The van der Waals surface area contributed by atoms with E-state index in [1.54, 1.807) is 0 Å². The summed E-state index contributed by atoms with van der Waals surface area (Å²) in [5.41, 5.74) is 17.6. The van der Waals surface area contributed by atoms with E-state index in [1.165, 1.54) is 22.3 Å². The second kappa shape index (κ2) is 23.3. The molecule has 2 N–H and O–H groups in total. The lowest BCUT2D eigenvalue weighted by atomic mass is 9.77. The minimum absolute atomic E-state index is 0.166. The highest BCUT2D eigenvalue weighted by Gasteiger charge is 2.35. The van der Waals surface area contributed by atoms with Crippen molar-refractivity contribution in [3.63, 3.8) is 0 Å². The minimum Gasteiger partial charge on any atom is -0.489 e. The molecule has 0 saturated heterocycles. The van der Waals surface area contributed by atoms with Crippen molar-refractivity contribution in [3.05, 3.63) is 178 Å². The van der Waals surface area contributed by atoms with Gasteiger partial charge in [-0.1, -0.05) is 251 Å². The molecule has 8 aromatic carbocycles. The minimum atomic E-state index is -2.08. The Labute approximate surface area is 550 Å². The third-order valence-corrected chi connectivity index (χ3v) is 20.3. The highest BCUT2D eigenvalue weighted by Crippen LogP contribution is 2.57. The fraction of sp³-hybridized carbons (Fsp3) is 0.415. The molecule has 0 bridgehead atoms. The Morgan fingerprint density at radius 1 is 0.293 bits per heavy atom. The van der Waals surface area contributed by atoms with Crippen LogP contribution in [0.5, 0.6) is 11.5 Å². The van der Waals surface area contributed by atoms with Gasteiger partial charge in [0.15, 0.2) is 0 Å². The van der Waals surface area contributed by atoms with Crippen molar-refractivity contribution in [2.24, 2.45) is 0 Å². The largest absolute Gasteiger partial charge is 0.489 e. The number of nitrogens with one attached hydrogen (secondary N) is 2. The van der Waals surface area contributed by atoms with Gasteiger partial charge in [-0.15, -0.1) is 0 Å². The molecular formula is C82H100N2O6P2. The van der Waals surface area contributed by atoms with Crippen LogP contribution in [-0.4, -0.2) is 13.2 Å². The first kappa shape index (κ1) is 66.2. The van der Waals surface area contributed by atoms with Crippen LogP contribution < -0.4 is 19.6 Å². The summed E-state index contributed by atoms with van der Waals surface area (Å²) in [6.45, 7) is 55.6. The lowest BCUT2D eigenvalue weighted by molar-refractivity contribution is 0.214. The van der Waals surface area contributed by atoms with Crippen LogP contribution >= 0.6 is 16.3 Å². The molecule has 10 aromatic rings. The van der Waals surface area contributed by atoms with Crippen LogP contribution in [0.2, 0.25) is 0 Å². The average Bonchev–Trinajstić information content (AvgIpc) is 1.38. The number of ether oxygens (including phenoxy) is 2. The van der Waals surface area contributed by atoms with Gasteiger partial charge in [-0.05, 0) is 125 Å². The Morgan fingerprint density at radius 2 is 0.543 bits per heavy atom. The Hall–Kier alpha value is -7.24. The van der Waals surface area contributed by atoms with Gasteiger partial charge in [-0.25, -0.2) is 0 Å². The SMILES string of the molecule is CC(C)(C)c1cc(C(C)(C)C)c2op(Nc3c(-c4ccccc4)ccc4c3-c3c(ccc(-c5ccccc5)c3Np3oc5c(C(C)(C)C)cc(C(C)(C)C)cc5c5cc(C(C)(C)C)cc(C(C)(C)C)c5o3)OCCO4)oc3c(C(C)(C)C)cc(C(C)(C)C)cc3c2c1. The molecular weight excluding hydrogens is 1170 g/mol. The predicted molar refractivity (Wildman–Crippen MR) is 394 cm³/mol. The van der Waals surface area contributed by atoms with E-state index in [-0.39, 0.29) is 43.3 Å². The van der Waals surface area contributed by atoms with Crippen LogP contribution in [0, 0.1) is 0 Å². The number of benzene rings is 8. The van der Waals surface area contributed by atoms with Gasteiger partial charge in [0.2, 0.25) is 0 Å². The molecule has 1 aliphatic rings. The van der Waals surface area contributed by atoms with Crippen molar-refractivity contribution >= 4 is 71.6 Å². The summed E-state index contributed by atoms with van der Waals surface area (Å²) in [6, 6.07) is 48.6. The smallest absolute Gasteiger partial charge is 0.338 e. The molecule has 0 saturated carbocycles. The number of rotatable bonds is 6. The zero-order valence-corrected chi connectivity index (χ0v) is 61.2. The zero-order chi connectivity index (χ0) is 66.8. The summed E-state index contributed by atoms with van der Waals surface area (Å²) in [4.78, 5) is 0. The van der Waals surface area contributed by atoms with E-state index in [1.807, 2.05) is 0 Å². The number of hydrogen-bond donors (Lipinski definition) is 2. The fourth-order valence-corrected chi connectivity index (χ4v) is 15.0. The van der Waals surface area contributed by atoms with Crippen LogP contribution in [-0.2, 0) is 43.3 Å². The monoisotopic (exact) mass is 1270 g/mol. The molecule has 0 radical (unpaired) electrons. The molecule has 8 nitrogen and oxygen atoms in total. The number of hydrogen-bond acceptors (Lipinski definition) is 8. The van der Waals surface area contributed by atoms with Crippen molar-refractivity contribution in [3.8, 4) is 44.9 Å². The first-order valence-corrected chi connectivity index (χ1v) is 35.3. The number of anilines is 2. The summed E-state index contributed by atoms with van der Waals surface area (Å²) in [5.74, 6) is 1.35. The van der Waals surface area contributed by atoms with Gasteiger partial charge in [0.1, 0.15) is 47.0 Å². The van der Waals surface area contributed by atoms with Gasteiger partial charge in [-0.3, -0.25) is 10.2 Å². The van der Waals surface area contributed by atoms with E-state index in [0.29, 0.717) is 24.7 Å². The zero-order valence-electron chi connectivity index (χ0n) is 59.5. The molecule has 11 rings (SSSR count). The summed E-state index contributed by atoms with van der Waals surface area (Å²) in [7, 11) is -4.16. The second-order valence-corrected chi connectivity index (χ2v) is 36.1. The van der Waals surface area contributed by atoms with Gasteiger partial charge < -0.3 is 26.3 Å². The first-order chi connectivity index (χ1) is 42.7. The molecule has 2 aromatic heterocycles. The summed E-state index contributed by atoms with van der Waals surface area (Å²) >= 11 is 0. The van der Waals surface area contributed by atoms with Gasteiger partial charge in [0, 0.05) is 54.9 Å².